The van der Waals surface area contributed by atoms with Gasteiger partial charge in [-0.05, 0) is 34.9 Å². The second-order valence-electron chi connectivity index (χ2n) is 8.94. The van der Waals surface area contributed by atoms with Gasteiger partial charge in [0.1, 0.15) is 11.8 Å². The summed E-state index contributed by atoms with van der Waals surface area (Å²) in [7, 11) is 0. The molecule has 1 aromatic heterocycles. The lowest BCUT2D eigenvalue weighted by Gasteiger charge is -2.17. The molecule has 1 atom stereocenters. The summed E-state index contributed by atoms with van der Waals surface area (Å²) in [5.41, 5.74) is 4.16. The van der Waals surface area contributed by atoms with E-state index in [1.165, 1.54) is 0 Å². The number of rotatable bonds is 9. The molecule has 0 aliphatic heterocycles. The number of hydrogen-bond acceptors (Lipinski definition) is 5. The van der Waals surface area contributed by atoms with Gasteiger partial charge < -0.3 is 19.8 Å². The summed E-state index contributed by atoms with van der Waals surface area (Å²) >= 11 is 0. The Labute approximate surface area is 225 Å². The summed E-state index contributed by atoms with van der Waals surface area (Å²) in [4.78, 5) is 41.7. The predicted molar refractivity (Wildman–Crippen MR) is 149 cm³/mol. The van der Waals surface area contributed by atoms with Crippen molar-refractivity contribution in [1.29, 1.82) is 0 Å². The molecule has 0 unspecified atom stereocenters. The van der Waals surface area contributed by atoms with E-state index in [1.807, 2.05) is 66.7 Å². The minimum Gasteiger partial charge on any atom is -0.456 e. The van der Waals surface area contributed by atoms with E-state index in [4.69, 9.17) is 9.47 Å². The molecule has 0 bridgehead atoms. The lowest BCUT2D eigenvalue weighted by Crippen LogP contribution is -2.45. The van der Waals surface area contributed by atoms with Crippen molar-refractivity contribution < 1.29 is 23.9 Å². The number of aromatic amines is 1. The van der Waals surface area contributed by atoms with Crippen LogP contribution in [0.2, 0.25) is 0 Å². The Morgan fingerprint density at radius 1 is 0.744 bits per heavy atom. The summed E-state index contributed by atoms with van der Waals surface area (Å²) in [6, 6.07) is 32.0. The molecule has 2 N–H and O–H groups in total. The Kier molecular flexibility index (Phi) is 7.79. The number of amides is 1. The average molecular weight is 519 g/mol. The van der Waals surface area contributed by atoms with Gasteiger partial charge in [-0.1, -0.05) is 91.0 Å². The Morgan fingerprint density at radius 2 is 1.38 bits per heavy atom. The number of benzene rings is 4. The first-order valence-electron chi connectivity index (χ1n) is 12.5. The number of fused-ring (bicyclic) bond motifs is 1. The number of ether oxygens (including phenoxy) is 2. The van der Waals surface area contributed by atoms with Crippen molar-refractivity contribution in [2.45, 2.75) is 12.5 Å². The van der Waals surface area contributed by atoms with Crippen LogP contribution in [0.25, 0.3) is 22.0 Å². The predicted octanol–water partition coefficient (Wildman–Crippen LogP) is 5.96. The molecule has 0 aliphatic carbocycles. The summed E-state index contributed by atoms with van der Waals surface area (Å²) in [6.07, 6.45) is 1.13. The summed E-state index contributed by atoms with van der Waals surface area (Å²) in [6.45, 7) is -0.455. The first-order valence-corrected chi connectivity index (χ1v) is 12.5. The van der Waals surface area contributed by atoms with E-state index in [-0.39, 0.29) is 12.2 Å². The molecule has 0 saturated carbocycles. The van der Waals surface area contributed by atoms with Crippen LogP contribution in [0.3, 0.4) is 0 Å². The first-order chi connectivity index (χ1) is 19.1. The maximum Gasteiger partial charge on any atom is 0.413 e. The number of nitrogens with one attached hydrogen (secondary N) is 2. The normalized spacial score (nSPS) is 11.5. The van der Waals surface area contributed by atoms with Crippen molar-refractivity contribution >= 4 is 28.7 Å². The zero-order valence-corrected chi connectivity index (χ0v) is 21.0. The SMILES string of the molecule is O=C(N[C@H](Cc1c[nH]c2ccccc12)C(=O)OCC(=O)c1ccc(-c2ccccc2)cc1)Oc1ccccc1. The van der Waals surface area contributed by atoms with E-state index in [0.29, 0.717) is 11.3 Å². The molecule has 39 heavy (non-hydrogen) atoms. The van der Waals surface area contributed by atoms with Crippen LogP contribution in [0, 0.1) is 0 Å². The highest BCUT2D eigenvalue weighted by Crippen LogP contribution is 2.21. The van der Waals surface area contributed by atoms with Crippen LogP contribution >= 0.6 is 0 Å². The molecule has 194 valence electrons. The van der Waals surface area contributed by atoms with E-state index >= 15 is 0 Å². The molecular formula is C32H26N2O5. The fraction of sp³-hybridized carbons (Fsp3) is 0.0938. The van der Waals surface area contributed by atoms with Gasteiger partial charge in [-0.2, -0.15) is 0 Å². The van der Waals surface area contributed by atoms with Crippen LogP contribution in [0.5, 0.6) is 5.75 Å². The van der Waals surface area contributed by atoms with Crippen molar-refractivity contribution in [2.75, 3.05) is 6.61 Å². The van der Waals surface area contributed by atoms with Gasteiger partial charge in [0, 0.05) is 29.1 Å². The van der Waals surface area contributed by atoms with Crippen LogP contribution in [0.4, 0.5) is 4.79 Å². The molecule has 4 aromatic carbocycles. The maximum absolute atomic E-state index is 13.1. The highest BCUT2D eigenvalue weighted by molar-refractivity contribution is 5.98. The van der Waals surface area contributed by atoms with Crippen molar-refractivity contribution in [3.8, 4) is 16.9 Å². The quantitative estimate of drug-likeness (QED) is 0.185. The van der Waals surface area contributed by atoms with E-state index < -0.39 is 24.7 Å². The van der Waals surface area contributed by atoms with Gasteiger partial charge >= 0.3 is 12.1 Å². The summed E-state index contributed by atoms with van der Waals surface area (Å²) < 4.78 is 10.7. The van der Waals surface area contributed by atoms with Gasteiger partial charge in [-0.3, -0.25) is 4.79 Å². The van der Waals surface area contributed by atoms with Crippen molar-refractivity contribution in [3.05, 3.63) is 127 Å². The van der Waals surface area contributed by atoms with Crippen LogP contribution in [-0.2, 0) is 16.0 Å². The Hall–Kier alpha value is -5.17. The number of Topliss-reactive ketones (excluding diaryl/α,β-unsaturated/α-hetero) is 1. The summed E-state index contributed by atoms with van der Waals surface area (Å²) in [5.74, 6) is -0.747. The van der Waals surface area contributed by atoms with Crippen molar-refractivity contribution in [2.24, 2.45) is 0 Å². The third-order valence-corrected chi connectivity index (χ3v) is 6.29. The Morgan fingerprint density at radius 3 is 2.13 bits per heavy atom. The van der Waals surface area contributed by atoms with E-state index in [2.05, 4.69) is 10.3 Å². The van der Waals surface area contributed by atoms with Gasteiger partial charge in [0.05, 0.1) is 0 Å². The van der Waals surface area contributed by atoms with Crippen LogP contribution in [0.1, 0.15) is 15.9 Å². The fourth-order valence-electron chi connectivity index (χ4n) is 4.28. The lowest BCUT2D eigenvalue weighted by atomic mass is 10.0. The molecule has 0 aliphatic rings. The fourth-order valence-corrected chi connectivity index (χ4v) is 4.28. The average Bonchev–Trinajstić information content (AvgIpc) is 3.39. The van der Waals surface area contributed by atoms with Crippen LogP contribution in [0.15, 0.2) is 115 Å². The number of para-hydroxylation sites is 2. The monoisotopic (exact) mass is 518 g/mol. The Bertz CT molecular complexity index is 1580. The third kappa shape index (κ3) is 6.40. The Balaban J connectivity index is 1.26. The van der Waals surface area contributed by atoms with Gasteiger partial charge in [-0.15, -0.1) is 0 Å². The van der Waals surface area contributed by atoms with Crippen LogP contribution < -0.4 is 10.1 Å². The van der Waals surface area contributed by atoms with Crippen LogP contribution in [-0.4, -0.2) is 35.5 Å². The number of ketones is 1. The molecule has 0 radical (unpaired) electrons. The summed E-state index contributed by atoms with van der Waals surface area (Å²) in [5, 5.41) is 3.52. The van der Waals surface area contributed by atoms with E-state index in [0.717, 1.165) is 27.6 Å². The highest BCUT2D eigenvalue weighted by atomic mass is 16.6. The second kappa shape index (κ2) is 11.9. The highest BCUT2D eigenvalue weighted by Gasteiger charge is 2.26. The largest absolute Gasteiger partial charge is 0.456 e. The molecule has 0 fully saturated rings. The second-order valence-corrected chi connectivity index (χ2v) is 8.94. The molecule has 7 nitrogen and oxygen atoms in total. The molecule has 5 aromatic rings. The molecule has 1 amide bonds. The number of carbonyl (C=O) groups excluding carboxylic acids is 3. The topological polar surface area (TPSA) is 97.5 Å². The number of hydrogen-bond donors (Lipinski definition) is 2. The van der Waals surface area contributed by atoms with Crippen molar-refractivity contribution in [3.63, 3.8) is 0 Å². The molecular weight excluding hydrogens is 492 g/mol. The zero-order chi connectivity index (χ0) is 27.0. The smallest absolute Gasteiger partial charge is 0.413 e. The van der Waals surface area contributed by atoms with Gasteiger partial charge in [0.15, 0.2) is 12.4 Å². The molecule has 5 rings (SSSR count). The zero-order valence-electron chi connectivity index (χ0n) is 21.0. The number of aromatic nitrogens is 1. The lowest BCUT2D eigenvalue weighted by molar-refractivity contribution is -0.144. The molecule has 0 saturated heterocycles. The standard InChI is InChI=1S/C32H26N2O5/c35-30(24-17-15-23(16-18-24)22-9-3-1-4-10-22)21-38-31(36)29(34-32(37)39-26-11-5-2-6-12-26)19-25-20-33-28-14-8-7-13-27(25)28/h1-18,20,29,33H,19,21H2,(H,34,37)/t29-/m1/s1. The number of H-pyrrole nitrogens is 1. The number of esters is 1. The van der Waals surface area contributed by atoms with Gasteiger partial charge in [0.2, 0.25) is 0 Å². The number of carbonyl (C=O) groups is 3. The molecule has 7 heteroatoms. The minimum absolute atomic E-state index is 0.146. The first kappa shape index (κ1) is 25.5. The van der Waals surface area contributed by atoms with Gasteiger partial charge in [0.25, 0.3) is 0 Å². The third-order valence-electron chi connectivity index (χ3n) is 6.29. The van der Waals surface area contributed by atoms with E-state index in [1.54, 1.807) is 48.7 Å². The van der Waals surface area contributed by atoms with Gasteiger partial charge in [-0.25, -0.2) is 9.59 Å². The minimum atomic E-state index is -1.08. The maximum atomic E-state index is 13.1. The molecule has 1 heterocycles. The van der Waals surface area contributed by atoms with E-state index in [9.17, 15) is 14.4 Å². The molecule has 0 spiro atoms. The van der Waals surface area contributed by atoms with Crippen molar-refractivity contribution in [1.82, 2.24) is 10.3 Å².